The number of carboxylic acid groups (broad SMARTS) is 1. The number of anilines is 1. The topological polar surface area (TPSA) is 92.5 Å². The average Bonchev–Trinajstić information content (AvgIpc) is 2.28. The van der Waals surface area contributed by atoms with Crippen LogP contribution in [0, 0.1) is 16.0 Å². The molecule has 1 aromatic carbocycles. The zero-order chi connectivity index (χ0) is 13.7. The highest BCUT2D eigenvalue weighted by molar-refractivity contribution is 5.93. The minimum atomic E-state index is -1.30. The molecule has 0 saturated heterocycles. The highest BCUT2D eigenvalue weighted by Gasteiger charge is 2.19. The minimum Gasteiger partial charge on any atom is -0.477 e. The molecule has 6 nitrogen and oxygen atoms in total. The van der Waals surface area contributed by atoms with Crippen molar-refractivity contribution in [3.05, 3.63) is 33.9 Å². The summed E-state index contributed by atoms with van der Waals surface area (Å²) >= 11 is 0. The first-order chi connectivity index (χ1) is 8.41. The maximum atomic E-state index is 10.8. The molecule has 1 rings (SSSR count). The average molecular weight is 252 g/mol. The fourth-order valence-corrected chi connectivity index (χ4v) is 1.48. The third-order valence-electron chi connectivity index (χ3n) is 2.48. The lowest BCUT2D eigenvalue weighted by Crippen LogP contribution is -2.07. The fraction of sp³-hybridized carbons (Fsp3) is 0.417. The number of aromatic carboxylic acids is 1. The Morgan fingerprint density at radius 2 is 2.17 bits per heavy atom. The summed E-state index contributed by atoms with van der Waals surface area (Å²) in [5, 5.41) is 22.6. The molecule has 0 aliphatic rings. The van der Waals surface area contributed by atoms with Crippen LogP contribution in [0.1, 0.15) is 30.6 Å². The van der Waals surface area contributed by atoms with Crippen LogP contribution in [0.25, 0.3) is 0 Å². The SMILES string of the molecule is CC(C)CCNc1ccc(C(=O)O)c([N+](=O)[O-])c1. The minimum absolute atomic E-state index is 0.297. The zero-order valence-corrected chi connectivity index (χ0v) is 10.3. The van der Waals surface area contributed by atoms with Gasteiger partial charge in [-0.05, 0) is 24.5 Å². The molecular formula is C12H16N2O4. The number of hydrogen-bond donors (Lipinski definition) is 2. The van der Waals surface area contributed by atoms with E-state index in [1.54, 1.807) is 0 Å². The van der Waals surface area contributed by atoms with Crippen molar-refractivity contribution in [2.45, 2.75) is 20.3 Å². The Balaban J connectivity index is 2.87. The van der Waals surface area contributed by atoms with E-state index < -0.39 is 16.6 Å². The second-order valence-corrected chi connectivity index (χ2v) is 4.40. The van der Waals surface area contributed by atoms with E-state index in [0.717, 1.165) is 6.42 Å². The van der Waals surface area contributed by atoms with E-state index >= 15 is 0 Å². The Hall–Kier alpha value is -2.11. The zero-order valence-electron chi connectivity index (χ0n) is 10.3. The van der Waals surface area contributed by atoms with Gasteiger partial charge in [0.1, 0.15) is 5.56 Å². The van der Waals surface area contributed by atoms with Gasteiger partial charge in [-0.25, -0.2) is 4.79 Å². The van der Waals surface area contributed by atoms with Crippen LogP contribution in [0.15, 0.2) is 18.2 Å². The largest absolute Gasteiger partial charge is 0.477 e. The summed E-state index contributed by atoms with van der Waals surface area (Å²) in [4.78, 5) is 20.9. The number of nitrogens with one attached hydrogen (secondary N) is 1. The molecule has 18 heavy (non-hydrogen) atoms. The van der Waals surface area contributed by atoms with Gasteiger partial charge in [-0.1, -0.05) is 13.8 Å². The molecule has 0 unspecified atom stereocenters. The van der Waals surface area contributed by atoms with Gasteiger partial charge in [0.2, 0.25) is 0 Å². The van der Waals surface area contributed by atoms with Crippen molar-refractivity contribution in [2.75, 3.05) is 11.9 Å². The van der Waals surface area contributed by atoms with E-state index in [2.05, 4.69) is 19.2 Å². The molecule has 0 saturated carbocycles. The van der Waals surface area contributed by atoms with Gasteiger partial charge in [-0.2, -0.15) is 0 Å². The molecule has 0 bridgehead atoms. The Kier molecular flexibility index (Phi) is 4.65. The van der Waals surface area contributed by atoms with Gasteiger partial charge in [-0.15, -0.1) is 0 Å². The quantitative estimate of drug-likeness (QED) is 0.599. The van der Waals surface area contributed by atoms with Crippen molar-refractivity contribution >= 4 is 17.3 Å². The van der Waals surface area contributed by atoms with Crippen LogP contribution in [-0.2, 0) is 0 Å². The van der Waals surface area contributed by atoms with E-state index in [9.17, 15) is 14.9 Å². The van der Waals surface area contributed by atoms with Crippen molar-refractivity contribution in [1.82, 2.24) is 0 Å². The summed E-state index contributed by atoms with van der Waals surface area (Å²) in [5.74, 6) is -0.763. The van der Waals surface area contributed by atoms with Crippen molar-refractivity contribution in [1.29, 1.82) is 0 Å². The second-order valence-electron chi connectivity index (χ2n) is 4.40. The number of rotatable bonds is 6. The van der Waals surface area contributed by atoms with E-state index in [1.807, 2.05) is 0 Å². The molecule has 0 spiro atoms. The molecule has 0 heterocycles. The number of nitro groups is 1. The molecule has 0 aliphatic carbocycles. The number of hydrogen-bond acceptors (Lipinski definition) is 4. The smallest absolute Gasteiger partial charge is 0.342 e. The number of benzene rings is 1. The molecule has 98 valence electrons. The predicted molar refractivity (Wildman–Crippen MR) is 68.0 cm³/mol. The lowest BCUT2D eigenvalue weighted by Gasteiger charge is -2.08. The van der Waals surface area contributed by atoms with E-state index in [-0.39, 0.29) is 5.56 Å². The molecule has 6 heteroatoms. The Morgan fingerprint density at radius 1 is 1.50 bits per heavy atom. The molecule has 2 N–H and O–H groups in total. The van der Waals surface area contributed by atoms with Crippen LogP contribution in [0.3, 0.4) is 0 Å². The van der Waals surface area contributed by atoms with E-state index in [4.69, 9.17) is 5.11 Å². The van der Waals surface area contributed by atoms with Crippen molar-refractivity contribution in [3.8, 4) is 0 Å². The van der Waals surface area contributed by atoms with Crippen LogP contribution in [-0.4, -0.2) is 22.5 Å². The maximum absolute atomic E-state index is 10.8. The molecule has 0 aromatic heterocycles. The first-order valence-electron chi connectivity index (χ1n) is 5.67. The Labute approximate surface area is 105 Å². The van der Waals surface area contributed by atoms with Gasteiger partial charge in [-0.3, -0.25) is 10.1 Å². The normalized spacial score (nSPS) is 10.4. The molecular weight excluding hydrogens is 236 g/mol. The molecule has 1 aromatic rings. The molecule has 0 aliphatic heterocycles. The summed E-state index contributed by atoms with van der Waals surface area (Å²) in [6.45, 7) is 4.86. The molecule has 0 amide bonds. The number of nitrogens with zero attached hydrogens (tertiary/aromatic N) is 1. The van der Waals surface area contributed by atoms with Crippen molar-refractivity contribution in [3.63, 3.8) is 0 Å². The summed E-state index contributed by atoms with van der Waals surface area (Å²) < 4.78 is 0. The number of nitro benzene ring substituents is 1. The standard InChI is InChI=1S/C12H16N2O4/c1-8(2)5-6-13-9-3-4-10(12(15)16)11(7-9)14(17)18/h3-4,7-8,13H,5-6H2,1-2H3,(H,15,16). The summed E-state index contributed by atoms with van der Waals surface area (Å²) in [5.41, 5.74) is -0.126. The lowest BCUT2D eigenvalue weighted by atomic mass is 10.1. The third kappa shape index (κ3) is 3.73. The van der Waals surface area contributed by atoms with Gasteiger partial charge in [0.25, 0.3) is 5.69 Å². The highest BCUT2D eigenvalue weighted by atomic mass is 16.6. The lowest BCUT2D eigenvalue weighted by molar-refractivity contribution is -0.385. The van der Waals surface area contributed by atoms with Crippen LogP contribution >= 0.6 is 0 Å². The first kappa shape index (κ1) is 14.0. The molecule has 0 radical (unpaired) electrons. The van der Waals surface area contributed by atoms with E-state index in [0.29, 0.717) is 18.2 Å². The van der Waals surface area contributed by atoms with E-state index in [1.165, 1.54) is 18.2 Å². The van der Waals surface area contributed by atoms with Gasteiger partial charge >= 0.3 is 5.97 Å². The van der Waals surface area contributed by atoms with Crippen LogP contribution in [0.2, 0.25) is 0 Å². The summed E-state index contributed by atoms with van der Waals surface area (Å²) in [6, 6.07) is 4.04. The summed E-state index contributed by atoms with van der Waals surface area (Å²) in [6.07, 6.45) is 0.939. The first-order valence-corrected chi connectivity index (χ1v) is 5.67. The third-order valence-corrected chi connectivity index (χ3v) is 2.48. The fourth-order valence-electron chi connectivity index (χ4n) is 1.48. The Morgan fingerprint density at radius 3 is 2.67 bits per heavy atom. The van der Waals surface area contributed by atoms with Gasteiger partial charge in [0.05, 0.1) is 4.92 Å². The summed E-state index contributed by atoms with van der Waals surface area (Å²) in [7, 11) is 0. The number of carbonyl (C=O) groups is 1. The van der Waals surface area contributed by atoms with Gasteiger partial charge < -0.3 is 10.4 Å². The van der Waals surface area contributed by atoms with Crippen molar-refractivity contribution < 1.29 is 14.8 Å². The van der Waals surface area contributed by atoms with Crippen LogP contribution in [0.5, 0.6) is 0 Å². The van der Waals surface area contributed by atoms with Gasteiger partial charge in [0, 0.05) is 18.3 Å². The molecule has 0 atom stereocenters. The molecule has 0 fully saturated rings. The highest BCUT2D eigenvalue weighted by Crippen LogP contribution is 2.23. The Bertz CT molecular complexity index is 457. The van der Waals surface area contributed by atoms with Gasteiger partial charge in [0.15, 0.2) is 0 Å². The van der Waals surface area contributed by atoms with Crippen LogP contribution in [0.4, 0.5) is 11.4 Å². The van der Waals surface area contributed by atoms with Crippen LogP contribution < -0.4 is 5.32 Å². The predicted octanol–water partition coefficient (Wildman–Crippen LogP) is 2.75. The number of carboxylic acids is 1. The maximum Gasteiger partial charge on any atom is 0.342 e. The monoisotopic (exact) mass is 252 g/mol. The second kappa shape index (κ2) is 6.00. The van der Waals surface area contributed by atoms with Crippen molar-refractivity contribution in [2.24, 2.45) is 5.92 Å².